The van der Waals surface area contributed by atoms with Crippen LogP contribution in [-0.2, 0) is 16.8 Å². The number of carbonyl (C=O) groups excluding carboxylic acids is 1. The van der Waals surface area contributed by atoms with Crippen molar-refractivity contribution in [3.05, 3.63) is 57.2 Å². The number of aliphatic imine (C=N–C) groups is 1. The monoisotopic (exact) mass is 305 g/mol. The molecular formula is C14H12ClN3OS. The molecule has 0 bridgehead atoms. The molecule has 0 aliphatic carbocycles. The zero-order chi connectivity index (χ0) is 14.2. The van der Waals surface area contributed by atoms with Gasteiger partial charge in [0.25, 0.3) is 5.91 Å². The second kappa shape index (κ2) is 4.92. The second-order valence-electron chi connectivity index (χ2n) is 4.57. The normalized spacial score (nSPS) is 21.6. The summed E-state index contributed by atoms with van der Waals surface area (Å²) in [6.07, 6.45) is 0.485. The summed E-state index contributed by atoms with van der Waals surface area (Å²) in [4.78, 5) is 17.8. The van der Waals surface area contributed by atoms with Gasteiger partial charge >= 0.3 is 0 Å². The Morgan fingerprint density at radius 3 is 2.60 bits per heavy atom. The van der Waals surface area contributed by atoms with E-state index < -0.39 is 5.54 Å². The molecule has 0 saturated heterocycles. The molecule has 20 heavy (non-hydrogen) atoms. The van der Waals surface area contributed by atoms with Gasteiger partial charge in [-0.15, -0.1) is 11.3 Å². The summed E-state index contributed by atoms with van der Waals surface area (Å²) in [7, 11) is 0. The van der Waals surface area contributed by atoms with E-state index in [1.807, 2.05) is 29.6 Å². The highest BCUT2D eigenvalue weighted by Crippen LogP contribution is 2.35. The molecule has 2 heterocycles. The zero-order valence-corrected chi connectivity index (χ0v) is 12.0. The predicted molar refractivity (Wildman–Crippen MR) is 80.9 cm³/mol. The lowest BCUT2D eigenvalue weighted by molar-refractivity contribution is -0.124. The third kappa shape index (κ3) is 2.19. The predicted octanol–water partition coefficient (Wildman–Crippen LogP) is 2.28. The number of nitrogens with two attached hydrogens (primary N) is 1. The van der Waals surface area contributed by atoms with Gasteiger partial charge in [-0.1, -0.05) is 29.8 Å². The average molecular weight is 306 g/mol. The number of guanidine groups is 1. The fourth-order valence-electron chi connectivity index (χ4n) is 2.31. The second-order valence-corrected chi connectivity index (χ2v) is 6.04. The Morgan fingerprint density at radius 1 is 1.30 bits per heavy atom. The van der Waals surface area contributed by atoms with Gasteiger partial charge < -0.3 is 5.73 Å². The summed E-state index contributed by atoms with van der Waals surface area (Å²) in [6, 6.07) is 11.1. The summed E-state index contributed by atoms with van der Waals surface area (Å²) in [5.74, 6) is -0.0489. The van der Waals surface area contributed by atoms with Gasteiger partial charge in [0.1, 0.15) is 0 Å². The Morgan fingerprint density at radius 2 is 2.05 bits per heavy atom. The fourth-order valence-corrected chi connectivity index (χ4v) is 3.22. The van der Waals surface area contributed by atoms with E-state index in [1.54, 1.807) is 23.5 Å². The summed E-state index contributed by atoms with van der Waals surface area (Å²) < 4.78 is 0. The molecule has 1 amide bonds. The van der Waals surface area contributed by atoms with Crippen LogP contribution < -0.4 is 11.1 Å². The van der Waals surface area contributed by atoms with Crippen LogP contribution in [0, 0.1) is 0 Å². The van der Waals surface area contributed by atoms with Crippen LogP contribution in [0.2, 0.25) is 5.02 Å². The molecule has 3 N–H and O–H groups in total. The van der Waals surface area contributed by atoms with Crippen molar-refractivity contribution < 1.29 is 4.79 Å². The number of nitrogens with one attached hydrogen (secondary N) is 1. The molecule has 6 heteroatoms. The lowest BCUT2D eigenvalue weighted by Crippen LogP contribution is -2.40. The number of thiophene rings is 1. The standard InChI is InChI=1S/C14H12ClN3OS/c15-10-5-3-9(4-6-10)14(8-11-2-1-7-20-11)12(19)17-13(16)18-14/h1-7H,8H2,(H3,16,17,18,19). The maximum atomic E-state index is 12.4. The van der Waals surface area contributed by atoms with E-state index in [0.29, 0.717) is 11.4 Å². The summed E-state index contributed by atoms with van der Waals surface area (Å²) in [5.41, 5.74) is 5.48. The highest BCUT2D eigenvalue weighted by molar-refractivity contribution is 7.09. The van der Waals surface area contributed by atoms with E-state index in [1.165, 1.54) is 0 Å². The Balaban J connectivity index is 2.08. The number of amides is 1. The maximum absolute atomic E-state index is 12.4. The number of nitrogens with zero attached hydrogens (tertiary/aromatic N) is 1. The zero-order valence-electron chi connectivity index (χ0n) is 10.5. The highest BCUT2D eigenvalue weighted by atomic mass is 35.5. The molecule has 0 saturated carbocycles. The molecule has 3 rings (SSSR count). The number of hydrogen-bond donors (Lipinski definition) is 2. The molecule has 1 atom stereocenters. The highest BCUT2D eigenvalue weighted by Gasteiger charge is 2.45. The topological polar surface area (TPSA) is 67.5 Å². The van der Waals surface area contributed by atoms with Crippen molar-refractivity contribution in [3.63, 3.8) is 0 Å². The van der Waals surface area contributed by atoms with Gasteiger partial charge in [0.15, 0.2) is 11.5 Å². The van der Waals surface area contributed by atoms with Crippen molar-refractivity contribution >= 4 is 34.8 Å². The van der Waals surface area contributed by atoms with Crippen LogP contribution in [-0.4, -0.2) is 11.9 Å². The van der Waals surface area contributed by atoms with E-state index in [-0.39, 0.29) is 11.9 Å². The molecular weight excluding hydrogens is 294 g/mol. The molecule has 0 radical (unpaired) electrons. The van der Waals surface area contributed by atoms with E-state index in [2.05, 4.69) is 10.3 Å². The van der Waals surface area contributed by atoms with Gasteiger partial charge in [0.05, 0.1) is 0 Å². The average Bonchev–Trinajstić information content (AvgIpc) is 3.00. The van der Waals surface area contributed by atoms with Crippen molar-refractivity contribution in [2.24, 2.45) is 10.7 Å². The first kappa shape index (κ1) is 13.1. The quantitative estimate of drug-likeness (QED) is 0.913. The minimum atomic E-state index is -1.00. The molecule has 102 valence electrons. The fraction of sp³-hybridized carbons (Fsp3) is 0.143. The summed E-state index contributed by atoms with van der Waals surface area (Å²) in [5, 5.41) is 5.19. The number of halogens is 1. The SMILES string of the molecule is NC1=NC(Cc2cccs2)(c2ccc(Cl)cc2)C(=O)N1. The molecule has 1 aliphatic rings. The van der Waals surface area contributed by atoms with Crippen molar-refractivity contribution in [3.8, 4) is 0 Å². The van der Waals surface area contributed by atoms with Crippen molar-refractivity contribution in [2.75, 3.05) is 0 Å². The van der Waals surface area contributed by atoms with Gasteiger partial charge in [0, 0.05) is 16.3 Å². The van der Waals surface area contributed by atoms with E-state index >= 15 is 0 Å². The minimum Gasteiger partial charge on any atom is -0.370 e. The lowest BCUT2D eigenvalue weighted by atomic mass is 9.86. The molecule has 0 fully saturated rings. The maximum Gasteiger partial charge on any atom is 0.259 e. The van der Waals surface area contributed by atoms with Crippen molar-refractivity contribution in [1.29, 1.82) is 0 Å². The van der Waals surface area contributed by atoms with Gasteiger partial charge in [0.2, 0.25) is 0 Å². The molecule has 1 aromatic heterocycles. The number of rotatable bonds is 3. The molecule has 1 unspecified atom stereocenters. The van der Waals surface area contributed by atoms with Gasteiger partial charge in [-0.2, -0.15) is 0 Å². The Labute approximate surface area is 125 Å². The smallest absolute Gasteiger partial charge is 0.259 e. The Bertz CT molecular complexity index is 666. The minimum absolute atomic E-state index is 0.154. The van der Waals surface area contributed by atoms with Crippen LogP contribution in [0.25, 0.3) is 0 Å². The van der Waals surface area contributed by atoms with Gasteiger partial charge in [-0.05, 0) is 29.1 Å². The van der Waals surface area contributed by atoms with Crippen LogP contribution in [0.4, 0.5) is 0 Å². The molecule has 1 aliphatic heterocycles. The molecule has 2 aromatic rings. The first-order valence-electron chi connectivity index (χ1n) is 6.05. The molecule has 4 nitrogen and oxygen atoms in total. The Hall–Kier alpha value is -1.85. The van der Waals surface area contributed by atoms with Crippen molar-refractivity contribution in [1.82, 2.24) is 5.32 Å². The van der Waals surface area contributed by atoms with Gasteiger partial charge in [-0.25, -0.2) is 4.99 Å². The first-order chi connectivity index (χ1) is 9.60. The molecule has 0 spiro atoms. The number of benzene rings is 1. The molecule has 1 aromatic carbocycles. The van der Waals surface area contributed by atoms with Crippen LogP contribution >= 0.6 is 22.9 Å². The van der Waals surface area contributed by atoms with E-state index in [9.17, 15) is 4.79 Å². The van der Waals surface area contributed by atoms with E-state index in [0.717, 1.165) is 10.4 Å². The largest absolute Gasteiger partial charge is 0.370 e. The number of carbonyl (C=O) groups is 1. The number of hydrogen-bond acceptors (Lipinski definition) is 4. The van der Waals surface area contributed by atoms with Gasteiger partial charge in [-0.3, -0.25) is 10.1 Å². The summed E-state index contributed by atoms with van der Waals surface area (Å²) in [6.45, 7) is 0. The Kier molecular flexibility index (Phi) is 3.23. The van der Waals surface area contributed by atoms with Crippen LogP contribution in [0.1, 0.15) is 10.4 Å². The van der Waals surface area contributed by atoms with E-state index in [4.69, 9.17) is 17.3 Å². The van der Waals surface area contributed by atoms with Crippen LogP contribution in [0.5, 0.6) is 0 Å². The third-order valence-corrected chi connectivity index (χ3v) is 4.39. The summed E-state index contributed by atoms with van der Waals surface area (Å²) >= 11 is 7.51. The lowest BCUT2D eigenvalue weighted by Gasteiger charge is -2.23. The van der Waals surface area contributed by atoms with Crippen LogP contribution in [0.15, 0.2) is 46.8 Å². The van der Waals surface area contributed by atoms with Crippen LogP contribution in [0.3, 0.4) is 0 Å². The first-order valence-corrected chi connectivity index (χ1v) is 7.31. The van der Waals surface area contributed by atoms with Crippen molar-refractivity contribution in [2.45, 2.75) is 12.0 Å². The third-order valence-electron chi connectivity index (χ3n) is 3.26.